The summed E-state index contributed by atoms with van der Waals surface area (Å²) in [5.41, 5.74) is 2.29. The number of unbranched alkanes of at least 4 members (excludes halogenated alkanes) is 2. The van der Waals surface area contributed by atoms with Crippen LogP contribution < -0.4 is 5.32 Å². The second-order valence-electron chi connectivity index (χ2n) is 4.80. The zero-order valence-electron chi connectivity index (χ0n) is 12.7. The Bertz CT molecular complexity index is 515. The topological polar surface area (TPSA) is 58.6 Å². The number of ether oxygens (including phenoxy) is 1. The van der Waals surface area contributed by atoms with Crippen LogP contribution in [0, 0.1) is 18.8 Å². The Labute approximate surface area is 126 Å². The van der Waals surface area contributed by atoms with Gasteiger partial charge in [-0.2, -0.15) is 0 Å². The molecule has 0 aliphatic heterocycles. The zero-order chi connectivity index (χ0) is 15.5. The number of nitrogens with one attached hydrogen (secondary N) is 1. The van der Waals surface area contributed by atoms with Crippen molar-refractivity contribution in [2.24, 2.45) is 0 Å². The Hall–Kier alpha value is -1.83. The highest BCUT2D eigenvalue weighted by Gasteiger charge is 2.08. The van der Waals surface area contributed by atoms with Gasteiger partial charge in [0, 0.05) is 31.4 Å². The van der Waals surface area contributed by atoms with Gasteiger partial charge in [0.2, 0.25) is 0 Å². The monoisotopic (exact) mass is 289 g/mol. The lowest BCUT2D eigenvalue weighted by molar-refractivity contribution is 0.0952. The Balaban J connectivity index is 2.53. The highest BCUT2D eigenvalue weighted by molar-refractivity contribution is 5.96. The molecular weight excluding hydrogens is 266 g/mol. The van der Waals surface area contributed by atoms with Gasteiger partial charge in [0.15, 0.2) is 0 Å². The van der Waals surface area contributed by atoms with Gasteiger partial charge in [-0.25, -0.2) is 0 Å². The quantitative estimate of drug-likeness (QED) is 0.595. The van der Waals surface area contributed by atoms with Crippen molar-refractivity contribution < 1.29 is 14.6 Å². The Morgan fingerprint density at radius 1 is 1.33 bits per heavy atom. The van der Waals surface area contributed by atoms with E-state index in [0.29, 0.717) is 12.1 Å². The van der Waals surface area contributed by atoms with Crippen LogP contribution in [-0.2, 0) is 4.74 Å². The highest BCUT2D eigenvalue weighted by atomic mass is 16.5. The molecule has 114 valence electrons. The molecule has 4 nitrogen and oxygen atoms in total. The Morgan fingerprint density at radius 3 is 2.86 bits per heavy atom. The summed E-state index contributed by atoms with van der Waals surface area (Å²) in [7, 11) is 1.69. The molecular formula is C17H23NO3. The molecule has 0 spiro atoms. The van der Waals surface area contributed by atoms with Crippen LogP contribution in [0.3, 0.4) is 0 Å². The van der Waals surface area contributed by atoms with Crippen LogP contribution in [0.5, 0.6) is 0 Å². The van der Waals surface area contributed by atoms with Gasteiger partial charge in [-0.3, -0.25) is 4.79 Å². The van der Waals surface area contributed by atoms with Crippen LogP contribution in [0.1, 0.15) is 40.7 Å². The van der Waals surface area contributed by atoms with Crippen molar-refractivity contribution in [3.63, 3.8) is 0 Å². The van der Waals surface area contributed by atoms with E-state index < -0.39 is 0 Å². The van der Waals surface area contributed by atoms with Crippen molar-refractivity contribution in [1.82, 2.24) is 5.32 Å². The van der Waals surface area contributed by atoms with Gasteiger partial charge in [-0.05, 0) is 43.9 Å². The molecule has 1 aromatic carbocycles. The number of benzene rings is 1. The molecule has 0 saturated heterocycles. The number of carbonyl (C=O) groups is 1. The van der Waals surface area contributed by atoms with Crippen molar-refractivity contribution in [3.05, 3.63) is 34.9 Å². The molecule has 0 aliphatic carbocycles. The number of carbonyl (C=O) groups excluding carboxylic acids is 1. The summed E-state index contributed by atoms with van der Waals surface area (Å²) in [4.78, 5) is 12.1. The summed E-state index contributed by atoms with van der Waals surface area (Å²) in [6, 6.07) is 5.48. The zero-order valence-corrected chi connectivity index (χ0v) is 12.7. The van der Waals surface area contributed by atoms with Gasteiger partial charge in [-0.15, -0.1) is 0 Å². The molecule has 1 rings (SSSR count). The lowest BCUT2D eigenvalue weighted by Crippen LogP contribution is -2.25. The van der Waals surface area contributed by atoms with E-state index in [0.717, 1.165) is 37.0 Å². The molecule has 0 aromatic heterocycles. The maximum Gasteiger partial charge on any atom is 0.251 e. The normalized spacial score (nSPS) is 9.86. The summed E-state index contributed by atoms with van der Waals surface area (Å²) < 4.78 is 4.98. The van der Waals surface area contributed by atoms with E-state index in [2.05, 4.69) is 17.2 Å². The van der Waals surface area contributed by atoms with Crippen LogP contribution in [0.15, 0.2) is 18.2 Å². The second kappa shape index (κ2) is 9.98. The first-order chi connectivity index (χ1) is 10.2. The minimum absolute atomic E-state index is 0.0770. The minimum atomic E-state index is -0.184. The summed E-state index contributed by atoms with van der Waals surface area (Å²) in [5.74, 6) is 5.32. The number of aliphatic hydroxyl groups is 1. The maximum absolute atomic E-state index is 12.1. The first-order valence-electron chi connectivity index (χ1n) is 7.16. The van der Waals surface area contributed by atoms with E-state index in [1.165, 1.54) is 0 Å². The molecule has 1 amide bonds. The average Bonchev–Trinajstić information content (AvgIpc) is 2.49. The van der Waals surface area contributed by atoms with Gasteiger partial charge >= 0.3 is 0 Å². The van der Waals surface area contributed by atoms with Gasteiger partial charge in [-0.1, -0.05) is 17.9 Å². The Morgan fingerprint density at radius 2 is 2.14 bits per heavy atom. The average molecular weight is 289 g/mol. The molecule has 1 aromatic rings. The second-order valence-corrected chi connectivity index (χ2v) is 4.80. The first kappa shape index (κ1) is 17.2. The van der Waals surface area contributed by atoms with E-state index >= 15 is 0 Å². The summed E-state index contributed by atoms with van der Waals surface area (Å²) in [5, 5.41) is 11.6. The highest BCUT2D eigenvalue weighted by Crippen LogP contribution is 2.10. The molecule has 0 heterocycles. The molecule has 0 aliphatic rings. The van der Waals surface area contributed by atoms with Crippen LogP contribution in [0.4, 0.5) is 0 Å². The molecule has 0 atom stereocenters. The third-order valence-electron chi connectivity index (χ3n) is 3.10. The Kier molecular flexibility index (Phi) is 8.18. The number of hydrogen-bond acceptors (Lipinski definition) is 3. The largest absolute Gasteiger partial charge is 0.385 e. The predicted molar refractivity (Wildman–Crippen MR) is 83.2 cm³/mol. The number of methoxy groups -OCH3 is 1. The number of rotatable bonds is 7. The molecule has 21 heavy (non-hydrogen) atoms. The van der Waals surface area contributed by atoms with Crippen LogP contribution in [0.2, 0.25) is 0 Å². The first-order valence-corrected chi connectivity index (χ1v) is 7.16. The van der Waals surface area contributed by atoms with Crippen molar-refractivity contribution >= 4 is 5.91 Å². The van der Waals surface area contributed by atoms with E-state index in [4.69, 9.17) is 9.84 Å². The fourth-order valence-corrected chi connectivity index (χ4v) is 1.93. The summed E-state index contributed by atoms with van der Waals surface area (Å²) >= 11 is 0. The van der Waals surface area contributed by atoms with Gasteiger partial charge in [0.1, 0.15) is 6.61 Å². The van der Waals surface area contributed by atoms with Crippen molar-refractivity contribution in [2.75, 3.05) is 26.9 Å². The number of aliphatic hydroxyl groups excluding tert-OH is 1. The van der Waals surface area contributed by atoms with E-state index in [-0.39, 0.29) is 12.5 Å². The third kappa shape index (κ3) is 6.44. The van der Waals surface area contributed by atoms with Crippen molar-refractivity contribution in [2.45, 2.75) is 26.2 Å². The van der Waals surface area contributed by atoms with Crippen LogP contribution >= 0.6 is 0 Å². The maximum atomic E-state index is 12.1. The fraction of sp³-hybridized carbons (Fsp3) is 0.471. The van der Waals surface area contributed by atoms with E-state index in [9.17, 15) is 4.79 Å². The van der Waals surface area contributed by atoms with Crippen LogP contribution in [0.25, 0.3) is 0 Å². The summed E-state index contributed by atoms with van der Waals surface area (Å²) in [6.07, 6.45) is 2.99. The number of hydrogen-bond donors (Lipinski definition) is 2. The van der Waals surface area contributed by atoms with Crippen molar-refractivity contribution in [1.29, 1.82) is 0 Å². The molecule has 0 radical (unpaired) electrons. The van der Waals surface area contributed by atoms with Gasteiger partial charge in [0.25, 0.3) is 5.91 Å². The molecule has 2 N–H and O–H groups in total. The van der Waals surface area contributed by atoms with Crippen molar-refractivity contribution in [3.8, 4) is 11.8 Å². The molecule has 0 unspecified atom stereocenters. The predicted octanol–water partition coefficient (Wildman–Crippen LogP) is 1.89. The van der Waals surface area contributed by atoms with E-state index in [1.807, 2.05) is 19.1 Å². The molecule has 0 fully saturated rings. The fourth-order valence-electron chi connectivity index (χ4n) is 1.93. The third-order valence-corrected chi connectivity index (χ3v) is 3.10. The minimum Gasteiger partial charge on any atom is -0.385 e. The van der Waals surface area contributed by atoms with E-state index in [1.54, 1.807) is 13.2 Å². The lowest BCUT2D eigenvalue weighted by Gasteiger charge is -2.08. The number of amides is 1. The standard InChI is InChI=1S/C17H23NO3/c1-14-8-9-15(7-6-11-19)13-16(14)17(20)18-10-4-3-5-12-21-2/h8-9,13,19H,3-5,10-12H2,1-2H3,(H,18,20). The number of aryl methyl sites for hydroxylation is 1. The molecule has 0 saturated carbocycles. The smallest absolute Gasteiger partial charge is 0.251 e. The molecule has 0 bridgehead atoms. The SMILES string of the molecule is COCCCCCNC(=O)c1cc(C#CCO)ccc1C. The van der Waals surface area contributed by atoms with Crippen LogP contribution in [-0.4, -0.2) is 37.9 Å². The van der Waals surface area contributed by atoms with Gasteiger partial charge in [0.05, 0.1) is 0 Å². The lowest BCUT2D eigenvalue weighted by atomic mass is 10.0. The molecule has 4 heteroatoms. The van der Waals surface area contributed by atoms with Gasteiger partial charge < -0.3 is 15.2 Å². The summed E-state index contributed by atoms with van der Waals surface area (Å²) in [6.45, 7) is 3.14.